The lowest BCUT2D eigenvalue weighted by Crippen LogP contribution is -2.38. The second kappa shape index (κ2) is 8.84. The molecule has 0 atom stereocenters. The van der Waals surface area contributed by atoms with Gasteiger partial charge in [0.15, 0.2) is 0 Å². The summed E-state index contributed by atoms with van der Waals surface area (Å²) in [4.78, 5) is 16.0. The molecule has 0 bridgehead atoms. The molecule has 0 aliphatic carbocycles. The van der Waals surface area contributed by atoms with Crippen molar-refractivity contribution >= 4 is 73.2 Å². The second-order valence-corrected chi connectivity index (χ2v) is 10.8. The number of carboxylic acid groups (broad SMARTS) is 1. The Morgan fingerprint density at radius 2 is 1.77 bits per heavy atom. The van der Waals surface area contributed by atoms with Gasteiger partial charge in [-0.15, -0.1) is 0 Å². The summed E-state index contributed by atoms with van der Waals surface area (Å²) in [5, 5.41) is 13.7. The van der Waals surface area contributed by atoms with E-state index in [9.17, 15) is 18.3 Å². The van der Waals surface area contributed by atoms with Crippen molar-refractivity contribution in [2.45, 2.75) is 4.90 Å². The van der Waals surface area contributed by atoms with Crippen LogP contribution in [0.1, 0.15) is 10.4 Å². The molecule has 0 unspecified atom stereocenters. The lowest BCUT2D eigenvalue weighted by molar-refractivity contribution is 0.0698. The topological polar surface area (TPSA) is 99.6 Å². The van der Waals surface area contributed by atoms with E-state index in [0.717, 1.165) is 0 Å². The number of rotatable bonds is 5. The Morgan fingerprint density at radius 1 is 1.10 bits per heavy atom. The molecule has 1 saturated heterocycles. The Morgan fingerprint density at radius 3 is 2.48 bits per heavy atom. The smallest absolute Gasteiger partial charge is 0.337 e. The van der Waals surface area contributed by atoms with Gasteiger partial charge in [0.25, 0.3) is 0 Å². The third-order valence-corrected chi connectivity index (χ3v) is 8.18. The molecule has 1 fully saturated rings. The highest BCUT2D eigenvalue weighted by Gasteiger charge is 2.30. The van der Waals surface area contributed by atoms with Crippen LogP contribution in [0.3, 0.4) is 0 Å². The molecule has 0 spiro atoms. The SMILES string of the molecule is O=C(O)c1cc(Cl)ccc1Nc1c(S(=O)(=O)N2CCSCC2)cnc2ccc(Cl)cc12. The van der Waals surface area contributed by atoms with E-state index >= 15 is 0 Å². The van der Waals surface area contributed by atoms with Crippen LogP contribution in [-0.4, -0.2) is 53.4 Å². The van der Waals surface area contributed by atoms with Gasteiger partial charge in [-0.2, -0.15) is 16.1 Å². The molecule has 0 amide bonds. The molecule has 1 aliphatic heterocycles. The molecular formula is C20H17Cl2N3O4S2. The van der Waals surface area contributed by atoms with E-state index in [4.69, 9.17) is 23.2 Å². The average molecular weight is 498 g/mol. The van der Waals surface area contributed by atoms with E-state index in [-0.39, 0.29) is 26.9 Å². The van der Waals surface area contributed by atoms with E-state index in [1.54, 1.807) is 30.0 Å². The zero-order valence-electron chi connectivity index (χ0n) is 16.0. The number of nitrogens with one attached hydrogen (secondary N) is 1. The minimum atomic E-state index is -3.88. The molecule has 3 aromatic rings. The number of aromatic nitrogens is 1. The molecule has 11 heteroatoms. The van der Waals surface area contributed by atoms with Crippen molar-refractivity contribution in [2.24, 2.45) is 0 Å². The van der Waals surface area contributed by atoms with Gasteiger partial charge in [0.05, 0.1) is 22.5 Å². The van der Waals surface area contributed by atoms with Gasteiger partial charge in [0.1, 0.15) is 4.90 Å². The molecule has 2 aromatic carbocycles. The number of fused-ring (bicyclic) bond motifs is 1. The number of sulfonamides is 1. The molecule has 1 aliphatic rings. The predicted molar refractivity (Wildman–Crippen MR) is 125 cm³/mol. The fraction of sp³-hybridized carbons (Fsp3) is 0.200. The van der Waals surface area contributed by atoms with Crippen LogP contribution in [0.25, 0.3) is 10.9 Å². The van der Waals surface area contributed by atoms with Crippen molar-refractivity contribution in [3.8, 4) is 0 Å². The first-order valence-electron chi connectivity index (χ1n) is 9.23. The quantitative estimate of drug-likeness (QED) is 0.525. The number of anilines is 2. The summed E-state index contributed by atoms with van der Waals surface area (Å²) >= 11 is 13.8. The van der Waals surface area contributed by atoms with Gasteiger partial charge in [-0.05, 0) is 36.4 Å². The summed E-state index contributed by atoms with van der Waals surface area (Å²) in [5.74, 6) is 0.212. The van der Waals surface area contributed by atoms with Crippen molar-refractivity contribution in [3.05, 3.63) is 58.2 Å². The Labute approximate surface area is 193 Å². The van der Waals surface area contributed by atoms with Crippen LogP contribution < -0.4 is 5.32 Å². The molecule has 31 heavy (non-hydrogen) atoms. The van der Waals surface area contributed by atoms with Crippen LogP contribution in [0.2, 0.25) is 10.0 Å². The molecule has 4 rings (SSSR count). The van der Waals surface area contributed by atoms with Crippen LogP contribution in [0, 0.1) is 0 Å². The first kappa shape index (κ1) is 22.2. The molecule has 1 aromatic heterocycles. The second-order valence-electron chi connectivity index (χ2n) is 6.80. The van der Waals surface area contributed by atoms with E-state index in [1.807, 2.05) is 0 Å². The number of pyridine rings is 1. The van der Waals surface area contributed by atoms with Crippen LogP contribution >= 0.6 is 35.0 Å². The van der Waals surface area contributed by atoms with Crippen molar-refractivity contribution in [2.75, 3.05) is 29.9 Å². The summed E-state index contributed by atoms with van der Waals surface area (Å²) in [5.41, 5.74) is 0.855. The third-order valence-electron chi connectivity index (χ3n) is 4.85. The van der Waals surface area contributed by atoms with E-state index in [2.05, 4.69) is 10.3 Å². The standard InChI is InChI=1S/C20H17Cl2N3O4S2/c21-12-1-3-16-14(9-12)19(24-17-4-2-13(22)10-15(17)20(26)27)18(11-23-16)31(28,29)25-5-7-30-8-6-25/h1-4,9-11H,5-8H2,(H,23,24)(H,26,27). The van der Waals surface area contributed by atoms with Crippen molar-refractivity contribution < 1.29 is 18.3 Å². The van der Waals surface area contributed by atoms with Gasteiger partial charge in [0, 0.05) is 46.2 Å². The summed E-state index contributed by atoms with van der Waals surface area (Å²) < 4.78 is 28.4. The maximum absolute atomic E-state index is 13.5. The number of hydrogen-bond donors (Lipinski definition) is 2. The highest BCUT2D eigenvalue weighted by Crippen LogP contribution is 2.36. The monoisotopic (exact) mass is 497 g/mol. The number of nitrogens with zero attached hydrogens (tertiary/aromatic N) is 2. The van der Waals surface area contributed by atoms with E-state index in [1.165, 1.54) is 28.7 Å². The van der Waals surface area contributed by atoms with Gasteiger partial charge < -0.3 is 10.4 Å². The zero-order valence-corrected chi connectivity index (χ0v) is 19.2. The predicted octanol–water partition coefficient (Wildman–Crippen LogP) is 4.72. The fourth-order valence-corrected chi connectivity index (χ4v) is 6.36. The van der Waals surface area contributed by atoms with Crippen LogP contribution in [0.15, 0.2) is 47.5 Å². The number of aromatic carboxylic acids is 1. The van der Waals surface area contributed by atoms with Crippen molar-refractivity contribution in [1.82, 2.24) is 9.29 Å². The largest absolute Gasteiger partial charge is 0.478 e. The lowest BCUT2D eigenvalue weighted by atomic mass is 10.1. The van der Waals surface area contributed by atoms with E-state index in [0.29, 0.717) is 40.5 Å². The van der Waals surface area contributed by atoms with Crippen LogP contribution in [-0.2, 0) is 10.0 Å². The number of thioether (sulfide) groups is 1. The Balaban J connectivity index is 1.93. The Bertz CT molecular complexity index is 1280. The minimum absolute atomic E-state index is 0.0412. The molecule has 162 valence electrons. The highest BCUT2D eigenvalue weighted by atomic mass is 35.5. The number of benzene rings is 2. The zero-order chi connectivity index (χ0) is 22.2. The Kier molecular flexibility index (Phi) is 6.32. The molecule has 0 saturated carbocycles. The van der Waals surface area contributed by atoms with Gasteiger partial charge in [-0.3, -0.25) is 4.98 Å². The first-order valence-corrected chi connectivity index (χ1v) is 12.6. The molecule has 2 N–H and O–H groups in total. The molecule has 7 nitrogen and oxygen atoms in total. The van der Waals surface area contributed by atoms with Gasteiger partial charge in [0.2, 0.25) is 10.0 Å². The highest BCUT2D eigenvalue weighted by molar-refractivity contribution is 7.99. The fourth-order valence-electron chi connectivity index (χ4n) is 3.33. The van der Waals surface area contributed by atoms with Crippen molar-refractivity contribution in [1.29, 1.82) is 0 Å². The number of halogens is 2. The maximum atomic E-state index is 13.5. The lowest BCUT2D eigenvalue weighted by Gasteiger charge is -2.27. The van der Waals surface area contributed by atoms with Crippen molar-refractivity contribution in [3.63, 3.8) is 0 Å². The minimum Gasteiger partial charge on any atom is -0.478 e. The molecular weight excluding hydrogens is 481 g/mol. The summed E-state index contributed by atoms with van der Waals surface area (Å²) in [7, 11) is -3.88. The van der Waals surface area contributed by atoms with Gasteiger partial charge in [-0.25, -0.2) is 13.2 Å². The number of hydrogen-bond acceptors (Lipinski definition) is 6. The number of carboxylic acids is 1. The van der Waals surface area contributed by atoms with Gasteiger partial charge in [-0.1, -0.05) is 23.2 Å². The summed E-state index contributed by atoms with van der Waals surface area (Å²) in [6.45, 7) is 0.780. The summed E-state index contributed by atoms with van der Waals surface area (Å²) in [6, 6.07) is 9.27. The molecule has 0 radical (unpaired) electrons. The van der Waals surface area contributed by atoms with Crippen LogP contribution in [0.5, 0.6) is 0 Å². The van der Waals surface area contributed by atoms with E-state index < -0.39 is 16.0 Å². The normalized spacial score (nSPS) is 15.2. The first-order chi connectivity index (χ1) is 14.8. The average Bonchev–Trinajstić information content (AvgIpc) is 2.75. The summed E-state index contributed by atoms with van der Waals surface area (Å²) in [6.07, 6.45) is 1.30. The third kappa shape index (κ3) is 4.47. The van der Waals surface area contributed by atoms with Gasteiger partial charge >= 0.3 is 5.97 Å². The Hall–Kier alpha value is -2.04. The number of carbonyl (C=O) groups is 1. The maximum Gasteiger partial charge on any atom is 0.337 e. The van der Waals surface area contributed by atoms with Crippen LogP contribution in [0.4, 0.5) is 11.4 Å². The molecule has 2 heterocycles.